The monoisotopic (exact) mass is 411 g/mol. The Morgan fingerprint density at radius 1 is 1.14 bits per heavy atom. The van der Waals surface area contributed by atoms with Crippen LogP contribution in [0.3, 0.4) is 0 Å². The van der Waals surface area contributed by atoms with Crippen LogP contribution in [0.5, 0.6) is 0 Å². The molecule has 1 amide bonds. The minimum atomic E-state index is -0.176. The summed E-state index contributed by atoms with van der Waals surface area (Å²) in [5.41, 5.74) is 3.84. The number of amides is 1. The SMILES string of the molecule is Cc1ccc(-n2nnnc2SCC(=O)Nc2ccc3nccnc3c2)cc1Cl. The van der Waals surface area contributed by atoms with Crippen LogP contribution >= 0.6 is 23.4 Å². The quantitative estimate of drug-likeness (QED) is 0.503. The predicted molar refractivity (Wildman–Crippen MR) is 108 cm³/mol. The van der Waals surface area contributed by atoms with E-state index in [1.54, 1.807) is 35.3 Å². The van der Waals surface area contributed by atoms with Gasteiger partial charge in [-0.2, -0.15) is 4.68 Å². The van der Waals surface area contributed by atoms with Crippen molar-refractivity contribution in [1.82, 2.24) is 30.2 Å². The second-order valence-electron chi connectivity index (χ2n) is 5.90. The number of thioether (sulfide) groups is 1. The van der Waals surface area contributed by atoms with E-state index in [0.29, 0.717) is 21.4 Å². The van der Waals surface area contributed by atoms with Crippen molar-refractivity contribution in [2.75, 3.05) is 11.1 Å². The minimum absolute atomic E-state index is 0.151. The Hall–Kier alpha value is -3.04. The van der Waals surface area contributed by atoms with E-state index in [0.717, 1.165) is 16.8 Å². The minimum Gasteiger partial charge on any atom is -0.325 e. The molecule has 2 heterocycles. The number of benzene rings is 2. The first kappa shape index (κ1) is 18.3. The molecule has 0 bridgehead atoms. The normalized spacial score (nSPS) is 10.9. The Morgan fingerprint density at radius 2 is 1.96 bits per heavy atom. The van der Waals surface area contributed by atoms with Gasteiger partial charge in [0.25, 0.3) is 0 Å². The molecule has 2 aromatic carbocycles. The number of aromatic nitrogens is 6. The number of carbonyl (C=O) groups excluding carboxylic acids is 1. The maximum atomic E-state index is 12.3. The molecular formula is C18H14ClN7OS. The van der Waals surface area contributed by atoms with E-state index >= 15 is 0 Å². The van der Waals surface area contributed by atoms with Crippen LogP contribution in [0, 0.1) is 6.92 Å². The number of rotatable bonds is 5. The van der Waals surface area contributed by atoms with E-state index in [-0.39, 0.29) is 11.7 Å². The van der Waals surface area contributed by atoms with Gasteiger partial charge < -0.3 is 5.32 Å². The number of nitrogens with zero attached hydrogens (tertiary/aromatic N) is 6. The lowest BCUT2D eigenvalue weighted by molar-refractivity contribution is -0.113. The largest absolute Gasteiger partial charge is 0.325 e. The third kappa shape index (κ3) is 3.95. The predicted octanol–water partition coefficient (Wildman–Crippen LogP) is 3.30. The number of anilines is 1. The van der Waals surface area contributed by atoms with Gasteiger partial charge in [0.05, 0.1) is 22.5 Å². The average molecular weight is 412 g/mol. The first-order chi connectivity index (χ1) is 13.6. The van der Waals surface area contributed by atoms with Crippen molar-refractivity contribution in [3.63, 3.8) is 0 Å². The number of tetrazole rings is 1. The van der Waals surface area contributed by atoms with Gasteiger partial charge in [0.2, 0.25) is 11.1 Å². The van der Waals surface area contributed by atoms with Gasteiger partial charge in [-0.3, -0.25) is 14.8 Å². The van der Waals surface area contributed by atoms with E-state index in [4.69, 9.17) is 11.6 Å². The zero-order valence-corrected chi connectivity index (χ0v) is 16.3. The number of halogens is 1. The van der Waals surface area contributed by atoms with Crippen molar-refractivity contribution in [3.8, 4) is 5.69 Å². The summed E-state index contributed by atoms with van der Waals surface area (Å²) < 4.78 is 1.55. The lowest BCUT2D eigenvalue weighted by Crippen LogP contribution is -2.14. The lowest BCUT2D eigenvalue weighted by Gasteiger charge is -2.07. The smallest absolute Gasteiger partial charge is 0.234 e. The Morgan fingerprint density at radius 3 is 2.79 bits per heavy atom. The molecule has 10 heteroatoms. The maximum absolute atomic E-state index is 12.3. The molecule has 0 radical (unpaired) electrons. The van der Waals surface area contributed by atoms with Crippen LogP contribution in [-0.4, -0.2) is 41.8 Å². The second-order valence-corrected chi connectivity index (χ2v) is 7.25. The van der Waals surface area contributed by atoms with Crippen LogP contribution in [0.25, 0.3) is 16.7 Å². The van der Waals surface area contributed by atoms with Gasteiger partial charge in [-0.1, -0.05) is 29.4 Å². The average Bonchev–Trinajstić information content (AvgIpc) is 3.17. The highest BCUT2D eigenvalue weighted by atomic mass is 35.5. The van der Waals surface area contributed by atoms with Gasteiger partial charge in [0.1, 0.15) is 0 Å². The van der Waals surface area contributed by atoms with Gasteiger partial charge in [0.15, 0.2) is 0 Å². The Balaban J connectivity index is 1.43. The zero-order chi connectivity index (χ0) is 19.5. The highest BCUT2D eigenvalue weighted by molar-refractivity contribution is 7.99. The number of aryl methyl sites for hydroxylation is 1. The molecule has 0 saturated heterocycles. The Labute approximate surface area is 169 Å². The molecule has 140 valence electrons. The van der Waals surface area contributed by atoms with Gasteiger partial charge in [-0.05, 0) is 53.2 Å². The number of hydrogen-bond acceptors (Lipinski definition) is 7. The summed E-state index contributed by atoms with van der Waals surface area (Å²) in [5.74, 6) is -0.0249. The molecule has 4 aromatic rings. The Kier molecular flexibility index (Phi) is 5.18. The third-order valence-electron chi connectivity index (χ3n) is 3.93. The number of fused-ring (bicyclic) bond motifs is 1. The van der Waals surface area contributed by atoms with Crippen molar-refractivity contribution < 1.29 is 4.79 Å². The molecule has 0 spiro atoms. The molecule has 0 aliphatic heterocycles. The van der Waals surface area contributed by atoms with Gasteiger partial charge in [-0.25, -0.2) is 0 Å². The van der Waals surface area contributed by atoms with Crippen molar-refractivity contribution in [1.29, 1.82) is 0 Å². The number of hydrogen-bond donors (Lipinski definition) is 1. The van der Waals surface area contributed by atoms with Crippen LogP contribution in [-0.2, 0) is 4.79 Å². The van der Waals surface area contributed by atoms with E-state index in [2.05, 4.69) is 30.8 Å². The van der Waals surface area contributed by atoms with Crippen LogP contribution in [0.1, 0.15) is 5.56 Å². The molecule has 4 rings (SSSR count). The summed E-state index contributed by atoms with van der Waals surface area (Å²) >= 11 is 7.41. The highest BCUT2D eigenvalue weighted by Gasteiger charge is 2.13. The summed E-state index contributed by atoms with van der Waals surface area (Å²) in [6, 6.07) is 10.9. The molecule has 0 atom stereocenters. The fraction of sp³-hybridized carbons (Fsp3) is 0.111. The first-order valence-corrected chi connectivity index (χ1v) is 9.65. The summed E-state index contributed by atoms with van der Waals surface area (Å²) in [6.07, 6.45) is 3.24. The molecule has 2 aromatic heterocycles. The lowest BCUT2D eigenvalue weighted by atomic mass is 10.2. The fourth-order valence-corrected chi connectivity index (χ4v) is 3.38. The maximum Gasteiger partial charge on any atom is 0.234 e. The fourth-order valence-electron chi connectivity index (χ4n) is 2.51. The Bertz CT molecular complexity index is 1160. The van der Waals surface area contributed by atoms with Crippen LogP contribution in [0.15, 0.2) is 53.9 Å². The van der Waals surface area contributed by atoms with E-state index in [1.807, 2.05) is 25.1 Å². The van der Waals surface area contributed by atoms with Crippen molar-refractivity contribution in [2.45, 2.75) is 12.1 Å². The molecule has 0 unspecified atom stereocenters. The van der Waals surface area contributed by atoms with E-state index < -0.39 is 0 Å². The van der Waals surface area contributed by atoms with Gasteiger partial charge in [0, 0.05) is 23.1 Å². The summed E-state index contributed by atoms with van der Waals surface area (Å²) in [7, 11) is 0. The van der Waals surface area contributed by atoms with Crippen molar-refractivity contribution in [2.24, 2.45) is 0 Å². The van der Waals surface area contributed by atoms with E-state index in [9.17, 15) is 4.79 Å². The molecule has 0 saturated carbocycles. The molecular weight excluding hydrogens is 398 g/mol. The molecule has 0 aliphatic carbocycles. The second kappa shape index (κ2) is 7.91. The van der Waals surface area contributed by atoms with Crippen LogP contribution in [0.4, 0.5) is 5.69 Å². The summed E-state index contributed by atoms with van der Waals surface area (Å²) in [6.45, 7) is 1.92. The van der Waals surface area contributed by atoms with E-state index in [1.165, 1.54) is 11.8 Å². The van der Waals surface area contributed by atoms with Gasteiger partial charge >= 0.3 is 0 Å². The molecule has 0 aliphatic rings. The molecule has 0 fully saturated rings. The third-order valence-corrected chi connectivity index (χ3v) is 5.25. The molecule has 28 heavy (non-hydrogen) atoms. The van der Waals surface area contributed by atoms with Crippen molar-refractivity contribution in [3.05, 3.63) is 59.4 Å². The number of carbonyl (C=O) groups is 1. The highest BCUT2D eigenvalue weighted by Crippen LogP contribution is 2.23. The van der Waals surface area contributed by atoms with Crippen molar-refractivity contribution >= 4 is 46.0 Å². The summed E-state index contributed by atoms with van der Waals surface area (Å²) in [4.78, 5) is 20.8. The summed E-state index contributed by atoms with van der Waals surface area (Å²) in [5, 5.41) is 15.6. The first-order valence-electron chi connectivity index (χ1n) is 8.28. The zero-order valence-electron chi connectivity index (χ0n) is 14.7. The topological polar surface area (TPSA) is 98.5 Å². The molecule has 8 nitrogen and oxygen atoms in total. The van der Waals surface area contributed by atoms with Gasteiger partial charge in [-0.15, -0.1) is 5.10 Å². The standard InChI is InChI=1S/C18H14ClN7OS/c1-11-2-4-13(9-14(11)19)26-18(23-24-25-26)28-10-17(27)22-12-3-5-15-16(8-12)21-7-6-20-15/h2-9H,10H2,1H3,(H,22,27). The van der Waals surface area contributed by atoms with Crippen LogP contribution in [0.2, 0.25) is 5.02 Å². The van der Waals surface area contributed by atoms with Crippen LogP contribution < -0.4 is 5.32 Å². The number of nitrogens with one attached hydrogen (secondary N) is 1. The molecule has 1 N–H and O–H groups in total.